The second-order valence-corrected chi connectivity index (χ2v) is 6.73. The largest absolute Gasteiger partial charge is 0.481 e. The maximum absolute atomic E-state index is 13.7. The van der Waals surface area contributed by atoms with Crippen molar-refractivity contribution in [1.82, 2.24) is 4.90 Å². The summed E-state index contributed by atoms with van der Waals surface area (Å²) >= 11 is 0. The van der Waals surface area contributed by atoms with Gasteiger partial charge in [0.1, 0.15) is 5.82 Å². The lowest BCUT2D eigenvalue weighted by atomic mass is 9.77. The summed E-state index contributed by atoms with van der Waals surface area (Å²) in [6, 6.07) is 6.32. The van der Waals surface area contributed by atoms with Gasteiger partial charge in [-0.05, 0) is 43.4 Å². The van der Waals surface area contributed by atoms with Crippen molar-refractivity contribution in [2.24, 2.45) is 5.92 Å². The van der Waals surface area contributed by atoms with Gasteiger partial charge in [-0.15, -0.1) is 0 Å². The molecule has 2 fully saturated rings. The number of nitrogens with zero attached hydrogens (tertiary/aromatic N) is 1. The number of amides is 1. The van der Waals surface area contributed by atoms with Crippen molar-refractivity contribution < 1.29 is 19.1 Å². The third kappa shape index (κ3) is 2.96. The average Bonchev–Trinajstić information content (AvgIpc) is 3.05. The van der Waals surface area contributed by atoms with Gasteiger partial charge in [0.25, 0.3) is 0 Å². The third-order valence-electron chi connectivity index (χ3n) is 5.30. The summed E-state index contributed by atoms with van der Waals surface area (Å²) in [7, 11) is 0. The second-order valence-electron chi connectivity index (χ2n) is 6.73. The number of carboxylic acid groups (broad SMARTS) is 1. The van der Waals surface area contributed by atoms with Gasteiger partial charge >= 0.3 is 5.97 Å². The van der Waals surface area contributed by atoms with Crippen LogP contribution in [0.25, 0.3) is 0 Å². The highest BCUT2D eigenvalue weighted by Crippen LogP contribution is 2.43. The minimum atomic E-state index is -0.839. The number of rotatable bonds is 3. The van der Waals surface area contributed by atoms with Crippen LogP contribution < -0.4 is 0 Å². The highest BCUT2D eigenvalue weighted by atomic mass is 19.1. The molecule has 1 amide bonds. The number of benzene rings is 1. The van der Waals surface area contributed by atoms with Gasteiger partial charge in [-0.25, -0.2) is 4.39 Å². The Labute approximate surface area is 135 Å². The number of hydrogen-bond donors (Lipinski definition) is 1. The number of piperidine rings is 1. The van der Waals surface area contributed by atoms with Gasteiger partial charge < -0.3 is 10.0 Å². The van der Waals surface area contributed by atoms with Crippen LogP contribution in [0.15, 0.2) is 24.3 Å². The van der Waals surface area contributed by atoms with Crippen LogP contribution in [0.1, 0.15) is 44.1 Å². The second kappa shape index (κ2) is 6.30. The predicted molar refractivity (Wildman–Crippen MR) is 83.5 cm³/mol. The summed E-state index contributed by atoms with van der Waals surface area (Å²) in [5.74, 6) is -1.68. The molecule has 1 aliphatic heterocycles. The summed E-state index contributed by atoms with van der Waals surface area (Å²) < 4.78 is 13.7. The molecule has 124 valence electrons. The van der Waals surface area contributed by atoms with Crippen LogP contribution in [0.3, 0.4) is 0 Å². The van der Waals surface area contributed by atoms with Crippen LogP contribution in [0.2, 0.25) is 0 Å². The molecule has 3 rings (SSSR count). The zero-order chi connectivity index (χ0) is 16.4. The van der Waals surface area contributed by atoms with E-state index in [9.17, 15) is 19.1 Å². The van der Waals surface area contributed by atoms with Gasteiger partial charge in [0.15, 0.2) is 0 Å². The Bertz CT molecular complexity index is 610. The molecule has 0 radical (unpaired) electrons. The van der Waals surface area contributed by atoms with E-state index in [-0.39, 0.29) is 18.3 Å². The SMILES string of the molecule is O=C(O)[C@H]1CCCN(C(=O)C2(c3cccc(F)c3)CCCC2)C1. The molecular formula is C18H22FNO3. The minimum Gasteiger partial charge on any atom is -0.481 e. The molecule has 1 aliphatic carbocycles. The van der Waals surface area contributed by atoms with Crippen molar-refractivity contribution in [2.45, 2.75) is 43.9 Å². The Balaban J connectivity index is 1.89. The molecule has 23 heavy (non-hydrogen) atoms. The lowest BCUT2D eigenvalue weighted by molar-refractivity contribution is -0.147. The van der Waals surface area contributed by atoms with E-state index in [0.29, 0.717) is 32.2 Å². The lowest BCUT2D eigenvalue weighted by Crippen LogP contribution is -2.50. The molecule has 0 spiro atoms. The molecule has 1 heterocycles. The van der Waals surface area contributed by atoms with Gasteiger partial charge in [0.2, 0.25) is 5.91 Å². The number of aliphatic carboxylic acids is 1. The van der Waals surface area contributed by atoms with Gasteiger partial charge in [-0.2, -0.15) is 0 Å². The first-order valence-corrected chi connectivity index (χ1v) is 8.31. The van der Waals surface area contributed by atoms with E-state index in [1.165, 1.54) is 12.1 Å². The summed E-state index contributed by atoms with van der Waals surface area (Å²) in [6.07, 6.45) is 4.64. The topological polar surface area (TPSA) is 57.6 Å². The molecule has 5 heteroatoms. The third-order valence-corrected chi connectivity index (χ3v) is 5.30. The fraction of sp³-hybridized carbons (Fsp3) is 0.556. The van der Waals surface area contributed by atoms with Crippen LogP contribution >= 0.6 is 0 Å². The molecule has 1 saturated carbocycles. The van der Waals surface area contributed by atoms with Crippen LogP contribution in [-0.4, -0.2) is 35.0 Å². The molecule has 1 aromatic rings. The quantitative estimate of drug-likeness (QED) is 0.932. The fourth-order valence-corrected chi connectivity index (χ4v) is 4.06. The molecule has 4 nitrogen and oxygen atoms in total. The maximum Gasteiger partial charge on any atom is 0.308 e. The zero-order valence-electron chi connectivity index (χ0n) is 13.1. The highest BCUT2D eigenvalue weighted by Gasteiger charge is 2.46. The number of carbonyl (C=O) groups is 2. The van der Waals surface area contributed by atoms with E-state index in [0.717, 1.165) is 18.4 Å². The summed E-state index contributed by atoms with van der Waals surface area (Å²) in [5, 5.41) is 9.23. The summed E-state index contributed by atoms with van der Waals surface area (Å²) in [4.78, 5) is 26.2. The van der Waals surface area contributed by atoms with Crippen molar-refractivity contribution in [3.8, 4) is 0 Å². The van der Waals surface area contributed by atoms with Gasteiger partial charge in [0, 0.05) is 13.1 Å². The highest BCUT2D eigenvalue weighted by molar-refractivity contribution is 5.89. The van der Waals surface area contributed by atoms with Gasteiger partial charge in [-0.1, -0.05) is 25.0 Å². The smallest absolute Gasteiger partial charge is 0.308 e. The van der Waals surface area contributed by atoms with Crippen molar-refractivity contribution in [3.63, 3.8) is 0 Å². The molecule has 1 saturated heterocycles. The van der Waals surface area contributed by atoms with E-state index in [1.54, 1.807) is 11.0 Å². The molecule has 0 bridgehead atoms. The number of hydrogen-bond acceptors (Lipinski definition) is 2. The molecular weight excluding hydrogens is 297 g/mol. The molecule has 1 N–H and O–H groups in total. The van der Waals surface area contributed by atoms with Crippen LogP contribution in [-0.2, 0) is 15.0 Å². The Morgan fingerprint density at radius 3 is 2.61 bits per heavy atom. The van der Waals surface area contributed by atoms with Crippen molar-refractivity contribution >= 4 is 11.9 Å². The van der Waals surface area contributed by atoms with Crippen molar-refractivity contribution in [2.75, 3.05) is 13.1 Å². The molecule has 2 aliphatic rings. The standard InChI is InChI=1S/C18H22FNO3/c19-15-7-3-6-14(11-15)18(8-1-2-9-18)17(23)20-10-4-5-13(12-20)16(21)22/h3,6-7,11,13H,1-2,4-5,8-10,12H2,(H,21,22)/t13-/m0/s1. The van der Waals surface area contributed by atoms with E-state index in [2.05, 4.69) is 0 Å². The van der Waals surface area contributed by atoms with Gasteiger partial charge in [-0.3, -0.25) is 9.59 Å². The zero-order valence-corrected chi connectivity index (χ0v) is 13.1. The Hall–Kier alpha value is -1.91. The van der Waals surface area contributed by atoms with E-state index in [1.807, 2.05) is 6.07 Å². The van der Waals surface area contributed by atoms with Crippen molar-refractivity contribution in [1.29, 1.82) is 0 Å². The van der Waals surface area contributed by atoms with E-state index >= 15 is 0 Å². The van der Waals surface area contributed by atoms with Crippen molar-refractivity contribution in [3.05, 3.63) is 35.6 Å². The monoisotopic (exact) mass is 319 g/mol. The average molecular weight is 319 g/mol. The van der Waals surface area contributed by atoms with Crippen LogP contribution in [0.4, 0.5) is 4.39 Å². The molecule has 0 unspecified atom stereocenters. The Morgan fingerprint density at radius 1 is 1.22 bits per heavy atom. The number of carbonyl (C=O) groups excluding carboxylic acids is 1. The normalized spacial score (nSPS) is 23.7. The minimum absolute atomic E-state index is 0.0217. The predicted octanol–water partition coefficient (Wildman–Crippen LogP) is 2.96. The molecule has 1 atom stereocenters. The van der Waals surface area contributed by atoms with Gasteiger partial charge in [0.05, 0.1) is 11.3 Å². The Kier molecular flexibility index (Phi) is 4.37. The molecule has 0 aromatic heterocycles. The number of halogens is 1. The first-order valence-electron chi connectivity index (χ1n) is 8.31. The van der Waals surface area contributed by atoms with E-state index < -0.39 is 17.3 Å². The molecule has 1 aromatic carbocycles. The lowest BCUT2D eigenvalue weighted by Gasteiger charge is -2.38. The van der Waals surface area contributed by atoms with Crippen LogP contribution in [0.5, 0.6) is 0 Å². The van der Waals surface area contributed by atoms with E-state index in [4.69, 9.17) is 0 Å². The van der Waals surface area contributed by atoms with Crippen LogP contribution in [0, 0.1) is 11.7 Å². The maximum atomic E-state index is 13.7. The fourth-order valence-electron chi connectivity index (χ4n) is 4.06. The first kappa shape index (κ1) is 16.0. The summed E-state index contributed by atoms with van der Waals surface area (Å²) in [5.41, 5.74) is 0.0557. The Morgan fingerprint density at radius 2 is 1.96 bits per heavy atom. The number of carboxylic acids is 1. The summed E-state index contributed by atoms with van der Waals surface area (Å²) in [6.45, 7) is 0.866. The first-order chi connectivity index (χ1) is 11.0. The number of likely N-dealkylation sites (tertiary alicyclic amines) is 1.